The molecule has 1 amide bonds. The second-order valence-electron chi connectivity index (χ2n) is 8.65. The molecule has 12 nitrogen and oxygen atoms in total. The summed E-state index contributed by atoms with van der Waals surface area (Å²) in [6, 6.07) is 3.72. The number of hydrogen-bond acceptors (Lipinski definition) is 12. The van der Waals surface area contributed by atoms with Crippen molar-refractivity contribution in [3.05, 3.63) is 35.7 Å². The Hall–Kier alpha value is -3.89. The van der Waals surface area contributed by atoms with Crippen molar-refractivity contribution in [3.8, 4) is 16.8 Å². The highest BCUT2D eigenvalue weighted by Crippen LogP contribution is 2.29. The molecule has 1 fully saturated rings. The average molecular weight is 496 g/mol. The predicted molar refractivity (Wildman–Crippen MR) is 129 cm³/mol. The van der Waals surface area contributed by atoms with Crippen LogP contribution in [0, 0.1) is 11.3 Å². The number of carbonyl (C=O) groups is 1. The highest BCUT2D eigenvalue weighted by molar-refractivity contribution is 7.13. The van der Waals surface area contributed by atoms with Crippen LogP contribution in [0.2, 0.25) is 0 Å². The van der Waals surface area contributed by atoms with Crippen LogP contribution in [-0.2, 0) is 9.47 Å². The Morgan fingerprint density at radius 1 is 1.29 bits per heavy atom. The number of nitriles is 1. The lowest BCUT2D eigenvalue weighted by Gasteiger charge is -2.34. The number of amides is 1. The summed E-state index contributed by atoms with van der Waals surface area (Å²) in [5.41, 5.74) is 0.946. The number of rotatable bonds is 6. The Bertz CT molecular complexity index is 1190. The maximum absolute atomic E-state index is 12.5. The van der Waals surface area contributed by atoms with Gasteiger partial charge in [0.2, 0.25) is 0 Å². The second kappa shape index (κ2) is 10.6. The van der Waals surface area contributed by atoms with E-state index in [1.165, 1.54) is 23.7 Å². The van der Waals surface area contributed by atoms with Crippen LogP contribution in [0.25, 0.3) is 10.7 Å². The van der Waals surface area contributed by atoms with E-state index in [0.717, 1.165) is 0 Å². The Balaban J connectivity index is 1.47. The fourth-order valence-corrected chi connectivity index (χ4v) is 3.86. The molecule has 1 atom stereocenters. The standard InChI is InChI=1S/C22H25N9O3S/c1-22(2,3)34-21(32)31-5-6-33-15(13-31)11-26-16-8-17(28-18-12-25-14(9-23)10-27-18)29-30-19(16)20-24-4-7-35-20/h4,7-8,10,12,15H,5-6,11,13H2,1-3H3,(H2,26,27,28,29). The summed E-state index contributed by atoms with van der Waals surface area (Å²) >= 11 is 1.45. The van der Waals surface area contributed by atoms with Gasteiger partial charge in [-0.05, 0) is 20.8 Å². The van der Waals surface area contributed by atoms with Crippen LogP contribution in [0.15, 0.2) is 30.0 Å². The third kappa shape index (κ3) is 6.58. The molecule has 1 saturated heterocycles. The summed E-state index contributed by atoms with van der Waals surface area (Å²) in [7, 11) is 0. The topological polar surface area (TPSA) is 151 Å². The number of hydrogen-bond donors (Lipinski definition) is 2. The predicted octanol–water partition coefficient (Wildman–Crippen LogP) is 3.05. The van der Waals surface area contributed by atoms with E-state index in [-0.39, 0.29) is 17.9 Å². The van der Waals surface area contributed by atoms with E-state index in [0.29, 0.717) is 54.3 Å². The lowest BCUT2D eigenvalue weighted by molar-refractivity contribution is -0.0371. The van der Waals surface area contributed by atoms with Crippen LogP contribution >= 0.6 is 11.3 Å². The molecule has 1 aliphatic heterocycles. The van der Waals surface area contributed by atoms with Crippen molar-refractivity contribution in [2.45, 2.75) is 32.5 Å². The van der Waals surface area contributed by atoms with E-state index < -0.39 is 5.60 Å². The van der Waals surface area contributed by atoms with Gasteiger partial charge >= 0.3 is 6.09 Å². The first-order valence-corrected chi connectivity index (χ1v) is 11.8. The first kappa shape index (κ1) is 24.2. The molecule has 35 heavy (non-hydrogen) atoms. The molecular weight excluding hydrogens is 470 g/mol. The second-order valence-corrected chi connectivity index (χ2v) is 9.55. The van der Waals surface area contributed by atoms with Gasteiger partial charge in [0.05, 0.1) is 37.3 Å². The maximum Gasteiger partial charge on any atom is 0.410 e. The monoisotopic (exact) mass is 495 g/mol. The third-order valence-corrected chi connectivity index (χ3v) is 5.54. The molecular formula is C22H25N9O3S. The molecule has 0 aliphatic carbocycles. The number of ether oxygens (including phenoxy) is 2. The molecule has 3 aromatic heterocycles. The summed E-state index contributed by atoms with van der Waals surface area (Å²) in [5, 5.41) is 26.4. The number of aromatic nitrogens is 5. The van der Waals surface area contributed by atoms with Gasteiger partial charge in [0.1, 0.15) is 28.2 Å². The van der Waals surface area contributed by atoms with Gasteiger partial charge in [-0.1, -0.05) is 0 Å². The third-order valence-electron chi connectivity index (χ3n) is 4.76. The summed E-state index contributed by atoms with van der Waals surface area (Å²) in [4.78, 5) is 26.6. The highest BCUT2D eigenvalue weighted by Gasteiger charge is 2.28. The van der Waals surface area contributed by atoms with E-state index in [4.69, 9.17) is 14.7 Å². The fourth-order valence-electron chi connectivity index (χ4n) is 3.23. The van der Waals surface area contributed by atoms with Crippen molar-refractivity contribution >= 4 is 34.8 Å². The Morgan fingerprint density at radius 2 is 2.14 bits per heavy atom. The van der Waals surface area contributed by atoms with Crippen LogP contribution in [0.4, 0.5) is 22.1 Å². The van der Waals surface area contributed by atoms with E-state index in [1.54, 1.807) is 17.2 Å². The molecule has 4 rings (SSSR count). The van der Waals surface area contributed by atoms with Crippen molar-refractivity contribution in [2.24, 2.45) is 0 Å². The summed E-state index contributed by atoms with van der Waals surface area (Å²) < 4.78 is 11.4. The van der Waals surface area contributed by atoms with Gasteiger partial charge in [0, 0.05) is 30.7 Å². The average Bonchev–Trinajstić information content (AvgIpc) is 3.37. The number of nitrogens with zero attached hydrogens (tertiary/aromatic N) is 7. The normalized spacial score (nSPS) is 15.8. The van der Waals surface area contributed by atoms with Gasteiger partial charge in [0.15, 0.2) is 11.5 Å². The zero-order valence-electron chi connectivity index (χ0n) is 19.6. The Kier molecular flexibility index (Phi) is 7.33. The molecule has 3 aromatic rings. The molecule has 0 bridgehead atoms. The number of morpholine rings is 1. The molecule has 13 heteroatoms. The van der Waals surface area contributed by atoms with Crippen LogP contribution in [0.5, 0.6) is 0 Å². The fraction of sp³-hybridized carbons (Fsp3) is 0.409. The Labute approximate surface area is 206 Å². The molecule has 0 radical (unpaired) electrons. The van der Waals surface area contributed by atoms with Crippen LogP contribution in [0.3, 0.4) is 0 Å². The molecule has 0 aromatic carbocycles. The van der Waals surface area contributed by atoms with Crippen molar-refractivity contribution in [1.82, 2.24) is 30.0 Å². The zero-order valence-corrected chi connectivity index (χ0v) is 20.4. The lowest BCUT2D eigenvalue weighted by Crippen LogP contribution is -2.49. The van der Waals surface area contributed by atoms with Crippen molar-refractivity contribution in [1.29, 1.82) is 5.26 Å². The molecule has 0 saturated carbocycles. The van der Waals surface area contributed by atoms with Crippen LogP contribution in [0.1, 0.15) is 26.5 Å². The first-order chi connectivity index (χ1) is 16.8. The minimum absolute atomic E-state index is 0.219. The van der Waals surface area contributed by atoms with E-state index in [1.807, 2.05) is 32.2 Å². The molecule has 0 spiro atoms. The largest absolute Gasteiger partial charge is 0.444 e. The SMILES string of the molecule is CC(C)(C)OC(=O)N1CCOC(CNc2cc(Nc3cnc(C#N)cn3)nnc2-c2nccs2)C1. The van der Waals surface area contributed by atoms with Gasteiger partial charge in [-0.15, -0.1) is 21.5 Å². The maximum atomic E-state index is 12.5. The first-order valence-electron chi connectivity index (χ1n) is 10.9. The van der Waals surface area contributed by atoms with Gasteiger partial charge in [0.25, 0.3) is 0 Å². The van der Waals surface area contributed by atoms with Gasteiger partial charge in [-0.25, -0.2) is 19.7 Å². The van der Waals surface area contributed by atoms with E-state index in [9.17, 15) is 4.79 Å². The van der Waals surface area contributed by atoms with E-state index in [2.05, 4.69) is 35.8 Å². The molecule has 4 heterocycles. The van der Waals surface area contributed by atoms with Gasteiger partial charge in [-0.2, -0.15) is 5.26 Å². The van der Waals surface area contributed by atoms with Crippen molar-refractivity contribution in [2.75, 3.05) is 36.9 Å². The number of carbonyl (C=O) groups excluding carboxylic acids is 1. The summed E-state index contributed by atoms with van der Waals surface area (Å²) in [5.74, 6) is 0.863. The van der Waals surface area contributed by atoms with Crippen molar-refractivity contribution in [3.63, 3.8) is 0 Å². The summed E-state index contributed by atoms with van der Waals surface area (Å²) in [6.07, 6.45) is 3.93. The number of anilines is 3. The smallest absolute Gasteiger partial charge is 0.410 e. The number of nitrogens with one attached hydrogen (secondary N) is 2. The zero-order chi connectivity index (χ0) is 24.8. The quantitative estimate of drug-likeness (QED) is 0.519. The molecule has 1 aliphatic rings. The minimum Gasteiger partial charge on any atom is -0.444 e. The Morgan fingerprint density at radius 3 is 2.83 bits per heavy atom. The molecule has 2 N–H and O–H groups in total. The van der Waals surface area contributed by atoms with Crippen LogP contribution in [-0.4, -0.2) is 74.1 Å². The van der Waals surface area contributed by atoms with Crippen LogP contribution < -0.4 is 10.6 Å². The summed E-state index contributed by atoms with van der Waals surface area (Å²) in [6.45, 7) is 7.26. The lowest BCUT2D eigenvalue weighted by atomic mass is 10.2. The van der Waals surface area contributed by atoms with Gasteiger partial charge in [-0.3, -0.25) is 0 Å². The molecule has 1 unspecified atom stereocenters. The number of thiazole rings is 1. The van der Waals surface area contributed by atoms with E-state index >= 15 is 0 Å². The van der Waals surface area contributed by atoms with Crippen molar-refractivity contribution < 1.29 is 14.3 Å². The highest BCUT2D eigenvalue weighted by atomic mass is 32.1. The molecule has 182 valence electrons. The van der Waals surface area contributed by atoms with Gasteiger partial charge < -0.3 is 25.0 Å². The minimum atomic E-state index is -0.558.